The van der Waals surface area contributed by atoms with Crippen LogP contribution in [0.3, 0.4) is 0 Å². The van der Waals surface area contributed by atoms with Gasteiger partial charge in [-0.15, -0.1) is 13.2 Å². The molecule has 17 heteroatoms. The van der Waals surface area contributed by atoms with E-state index in [0.717, 1.165) is 16.4 Å². The monoisotopic (exact) mass is 659 g/mol. The lowest BCUT2D eigenvalue weighted by Crippen LogP contribution is -2.60. The first-order chi connectivity index (χ1) is 21.8. The molecule has 2 aromatic carbocycles. The van der Waals surface area contributed by atoms with Gasteiger partial charge in [0.15, 0.2) is 0 Å². The molecule has 2 N–H and O–H groups in total. The number of fused-ring (bicyclic) bond motifs is 1. The zero-order valence-electron chi connectivity index (χ0n) is 24.3. The van der Waals surface area contributed by atoms with E-state index < -0.39 is 40.1 Å². The van der Waals surface area contributed by atoms with Crippen LogP contribution in [0.2, 0.25) is 0 Å². The molecule has 4 aromatic rings. The molecule has 1 aliphatic heterocycles. The summed E-state index contributed by atoms with van der Waals surface area (Å²) >= 11 is 0. The third-order valence-electron chi connectivity index (χ3n) is 7.17. The van der Waals surface area contributed by atoms with Gasteiger partial charge in [0, 0.05) is 45.1 Å². The highest BCUT2D eigenvalue weighted by atomic mass is 32.2. The van der Waals surface area contributed by atoms with Gasteiger partial charge >= 0.3 is 12.3 Å². The van der Waals surface area contributed by atoms with E-state index in [4.69, 9.17) is 5.11 Å². The Morgan fingerprint density at radius 3 is 2.43 bits per heavy atom. The van der Waals surface area contributed by atoms with Crippen molar-refractivity contribution in [3.63, 3.8) is 0 Å². The summed E-state index contributed by atoms with van der Waals surface area (Å²) < 4.78 is 70.3. The van der Waals surface area contributed by atoms with Crippen molar-refractivity contribution in [1.29, 1.82) is 0 Å². The number of nitrogens with one attached hydrogen (secondary N) is 1. The molecule has 1 unspecified atom stereocenters. The van der Waals surface area contributed by atoms with Gasteiger partial charge in [0.1, 0.15) is 29.7 Å². The molecule has 1 atom stereocenters. The number of piperazine rings is 1. The Labute approximate surface area is 261 Å². The summed E-state index contributed by atoms with van der Waals surface area (Å²) in [4.78, 5) is 40.8. The highest BCUT2D eigenvalue weighted by molar-refractivity contribution is 7.89. The Hall–Kier alpha value is -5.03. The average Bonchev–Trinajstić information content (AvgIpc) is 3.02. The predicted octanol–water partition coefficient (Wildman–Crippen LogP) is 2.64. The standard InChI is InChI=1S/C29H28F3N7O6S/c1-37(18-27(40)41)20-4-8-22(9-5-20)46(43,44)39-13-12-38(26-16-34-24-15-33-11-10-23(24)36-26)17-25(39)28(42)35-14-19-2-6-21(7-3-19)45-29(30,31)32/h2-11,15-16,25H,12-14,17-18H2,1H3,(H,35,42)(H,40,41). The minimum absolute atomic E-state index is 0.0753. The SMILES string of the molecule is CN(CC(=O)O)c1ccc(S(=O)(=O)N2CCN(c3cnc4cnccc4n3)CC2C(=O)NCc2ccc(OC(F)(F)F)cc2)cc1. The third kappa shape index (κ3) is 7.60. The number of carbonyl (C=O) groups is 2. The summed E-state index contributed by atoms with van der Waals surface area (Å²) in [6.07, 6.45) is -0.216. The van der Waals surface area contributed by atoms with Crippen LogP contribution in [0.1, 0.15) is 5.56 Å². The number of aromatic nitrogens is 3. The smallest absolute Gasteiger partial charge is 0.480 e. The first-order valence-electron chi connectivity index (χ1n) is 13.8. The predicted molar refractivity (Wildman–Crippen MR) is 160 cm³/mol. The number of aliphatic carboxylic acids is 1. The van der Waals surface area contributed by atoms with Crippen LogP contribution >= 0.6 is 0 Å². The summed E-state index contributed by atoms with van der Waals surface area (Å²) in [6.45, 7) is -0.353. The summed E-state index contributed by atoms with van der Waals surface area (Å²) in [6, 6.07) is 11.0. The second-order valence-electron chi connectivity index (χ2n) is 10.3. The number of halogens is 3. The third-order valence-corrected chi connectivity index (χ3v) is 9.09. The Bertz CT molecular complexity index is 1830. The number of ether oxygens (including phenoxy) is 1. The molecule has 1 aliphatic rings. The van der Waals surface area contributed by atoms with Gasteiger partial charge in [-0.3, -0.25) is 14.6 Å². The first kappa shape index (κ1) is 32.4. The van der Waals surface area contributed by atoms with Gasteiger partial charge in [-0.25, -0.2) is 18.4 Å². The molecule has 0 aliphatic carbocycles. The number of nitrogens with zero attached hydrogens (tertiary/aromatic N) is 6. The van der Waals surface area contributed by atoms with E-state index in [-0.39, 0.29) is 37.6 Å². The van der Waals surface area contributed by atoms with Gasteiger partial charge in [-0.1, -0.05) is 12.1 Å². The Balaban J connectivity index is 1.38. The zero-order valence-corrected chi connectivity index (χ0v) is 25.1. The highest BCUT2D eigenvalue weighted by Gasteiger charge is 2.40. The maximum Gasteiger partial charge on any atom is 0.573 e. The number of likely N-dealkylation sites (N-methyl/N-ethyl adjacent to an activating group) is 1. The number of pyridine rings is 1. The number of carbonyl (C=O) groups excluding carboxylic acids is 1. The molecule has 1 saturated heterocycles. The van der Waals surface area contributed by atoms with Crippen LogP contribution in [0.25, 0.3) is 11.0 Å². The lowest BCUT2D eigenvalue weighted by molar-refractivity contribution is -0.274. The molecule has 1 amide bonds. The number of hydrogen-bond acceptors (Lipinski definition) is 10. The fourth-order valence-corrected chi connectivity index (χ4v) is 6.47. The number of hydrogen-bond donors (Lipinski definition) is 2. The van der Waals surface area contributed by atoms with E-state index in [1.165, 1.54) is 47.5 Å². The number of carboxylic acid groups (broad SMARTS) is 1. The molecular weight excluding hydrogens is 631 g/mol. The van der Waals surface area contributed by atoms with Gasteiger partial charge in [-0.05, 0) is 48.0 Å². The van der Waals surface area contributed by atoms with E-state index in [1.54, 1.807) is 30.4 Å². The van der Waals surface area contributed by atoms with Crippen molar-refractivity contribution in [3.05, 3.63) is 78.8 Å². The highest BCUT2D eigenvalue weighted by Crippen LogP contribution is 2.27. The van der Waals surface area contributed by atoms with E-state index >= 15 is 0 Å². The van der Waals surface area contributed by atoms with Gasteiger partial charge in [0.2, 0.25) is 15.9 Å². The van der Waals surface area contributed by atoms with Crippen LogP contribution in [-0.4, -0.2) is 90.3 Å². The van der Waals surface area contributed by atoms with Crippen molar-refractivity contribution in [2.45, 2.75) is 23.8 Å². The zero-order chi connectivity index (χ0) is 33.1. The second-order valence-corrected chi connectivity index (χ2v) is 12.2. The minimum atomic E-state index is -4.85. The van der Waals surface area contributed by atoms with Crippen molar-refractivity contribution in [1.82, 2.24) is 24.6 Å². The molecule has 3 heterocycles. The molecule has 46 heavy (non-hydrogen) atoms. The lowest BCUT2D eigenvalue weighted by Gasteiger charge is -2.40. The molecule has 0 saturated carbocycles. The number of benzene rings is 2. The second kappa shape index (κ2) is 13.1. The lowest BCUT2D eigenvalue weighted by atomic mass is 10.1. The van der Waals surface area contributed by atoms with E-state index in [1.807, 2.05) is 0 Å². The Morgan fingerprint density at radius 2 is 1.76 bits per heavy atom. The van der Waals surface area contributed by atoms with Crippen LogP contribution in [0.15, 0.2) is 78.1 Å². The van der Waals surface area contributed by atoms with Gasteiger partial charge < -0.3 is 25.0 Å². The molecule has 0 spiro atoms. The Kier molecular flexibility index (Phi) is 9.24. The molecule has 13 nitrogen and oxygen atoms in total. The summed E-state index contributed by atoms with van der Waals surface area (Å²) in [5.41, 5.74) is 2.07. The first-order valence-corrected chi connectivity index (χ1v) is 15.2. The summed E-state index contributed by atoms with van der Waals surface area (Å²) in [5, 5.41) is 11.8. The normalized spacial score (nSPS) is 15.8. The maximum atomic E-state index is 13.9. The van der Waals surface area contributed by atoms with Crippen LogP contribution in [0.4, 0.5) is 24.7 Å². The molecule has 1 fully saturated rings. The molecule has 242 valence electrons. The largest absolute Gasteiger partial charge is 0.573 e. The number of alkyl halides is 3. The van der Waals surface area contributed by atoms with Crippen molar-refractivity contribution >= 4 is 44.4 Å². The quantitative estimate of drug-likeness (QED) is 0.258. The fourth-order valence-electron chi connectivity index (χ4n) is 4.90. The van der Waals surface area contributed by atoms with Crippen molar-refractivity contribution in [2.24, 2.45) is 0 Å². The molecular formula is C29H28F3N7O6S. The molecule has 5 rings (SSSR count). The number of anilines is 2. The van der Waals surface area contributed by atoms with Gasteiger partial charge in [0.25, 0.3) is 0 Å². The van der Waals surface area contributed by atoms with Crippen molar-refractivity contribution in [2.75, 3.05) is 43.0 Å². The van der Waals surface area contributed by atoms with Crippen LogP contribution in [0, 0.1) is 0 Å². The topological polar surface area (TPSA) is 158 Å². The molecule has 2 aromatic heterocycles. The summed E-state index contributed by atoms with van der Waals surface area (Å²) in [7, 11) is -2.67. The number of sulfonamides is 1. The van der Waals surface area contributed by atoms with Crippen molar-refractivity contribution in [3.8, 4) is 5.75 Å². The molecule has 0 radical (unpaired) electrons. The minimum Gasteiger partial charge on any atom is -0.480 e. The van der Waals surface area contributed by atoms with Crippen molar-refractivity contribution < 1.29 is 41.0 Å². The number of carboxylic acids is 1. The van der Waals surface area contributed by atoms with Crippen LogP contribution in [0.5, 0.6) is 5.75 Å². The van der Waals surface area contributed by atoms with E-state index in [9.17, 15) is 31.2 Å². The van der Waals surface area contributed by atoms with Crippen LogP contribution in [-0.2, 0) is 26.2 Å². The van der Waals surface area contributed by atoms with E-state index in [0.29, 0.717) is 28.1 Å². The summed E-state index contributed by atoms with van der Waals surface area (Å²) in [5.74, 6) is -1.68. The average molecular weight is 660 g/mol. The number of rotatable bonds is 10. The Morgan fingerprint density at radius 1 is 1.04 bits per heavy atom. The fraction of sp³-hybridized carbons (Fsp3) is 0.276. The number of amides is 1. The van der Waals surface area contributed by atoms with Crippen LogP contribution < -0.4 is 19.9 Å². The van der Waals surface area contributed by atoms with Gasteiger partial charge in [-0.2, -0.15) is 4.31 Å². The molecule has 0 bridgehead atoms. The van der Waals surface area contributed by atoms with E-state index in [2.05, 4.69) is 25.0 Å². The van der Waals surface area contributed by atoms with Gasteiger partial charge in [0.05, 0.1) is 22.8 Å². The maximum absolute atomic E-state index is 13.9.